The number of carboxylic acids is 1. The second-order valence-corrected chi connectivity index (χ2v) is 1.12. The van der Waals surface area contributed by atoms with Crippen LogP contribution in [0, 0.1) is 0 Å². The van der Waals surface area contributed by atoms with Crippen LogP contribution in [0.1, 0.15) is 6.92 Å². The third-order valence-corrected chi connectivity index (χ3v) is 0.511. The second kappa shape index (κ2) is 3.15. The monoisotopic (exact) mass is 117 g/mol. The highest BCUT2D eigenvalue weighted by Crippen LogP contribution is 1.80. The number of aliphatic carboxylic acids is 1. The first kappa shape index (κ1) is 7.10. The van der Waals surface area contributed by atoms with E-state index in [0.717, 1.165) is 0 Å². The maximum atomic E-state index is 9.73. The maximum absolute atomic E-state index is 9.73. The Hall–Kier alpha value is -0.900. The molecule has 0 spiro atoms. The van der Waals surface area contributed by atoms with E-state index >= 15 is 0 Å². The van der Waals surface area contributed by atoms with Gasteiger partial charge in [0.25, 0.3) is 0 Å². The predicted octanol–water partition coefficient (Wildman–Crippen LogP) is -0.520. The van der Waals surface area contributed by atoms with Crippen LogP contribution in [0.15, 0.2) is 4.99 Å². The van der Waals surface area contributed by atoms with E-state index in [9.17, 15) is 4.79 Å². The topological polar surface area (TPSA) is 69.9 Å². The molecule has 4 heteroatoms. The van der Waals surface area contributed by atoms with E-state index in [4.69, 9.17) is 10.2 Å². The molecule has 46 valence electrons. The molecule has 1 atom stereocenters. The van der Waals surface area contributed by atoms with Gasteiger partial charge in [-0.1, -0.05) is 0 Å². The van der Waals surface area contributed by atoms with Crippen LogP contribution in [-0.4, -0.2) is 28.6 Å². The van der Waals surface area contributed by atoms with E-state index < -0.39 is 12.2 Å². The first-order valence-electron chi connectivity index (χ1n) is 2.07. The van der Waals surface area contributed by atoms with Crippen molar-refractivity contribution in [3.8, 4) is 0 Å². The van der Waals surface area contributed by atoms with E-state index in [0.29, 0.717) is 0 Å². The molecule has 0 radical (unpaired) electrons. The molecule has 0 fully saturated rings. The van der Waals surface area contributed by atoms with Gasteiger partial charge in [-0.25, -0.2) is 4.79 Å². The molecule has 0 aromatic carbocycles. The van der Waals surface area contributed by atoms with Crippen LogP contribution in [0.25, 0.3) is 0 Å². The minimum atomic E-state index is -1.60. The lowest BCUT2D eigenvalue weighted by Crippen LogP contribution is -2.16. The Morgan fingerprint density at radius 1 is 1.88 bits per heavy atom. The van der Waals surface area contributed by atoms with Crippen molar-refractivity contribution in [2.75, 3.05) is 0 Å². The summed E-state index contributed by atoms with van der Waals surface area (Å²) in [6.45, 7) is 1.53. The number of rotatable bonds is 2. The van der Waals surface area contributed by atoms with Crippen molar-refractivity contribution in [3.63, 3.8) is 0 Å². The van der Waals surface area contributed by atoms with E-state index in [-0.39, 0.29) is 0 Å². The smallest absolute Gasteiger partial charge is 0.355 e. The van der Waals surface area contributed by atoms with Crippen molar-refractivity contribution in [2.45, 2.75) is 13.2 Å². The largest absolute Gasteiger partial charge is 0.478 e. The zero-order valence-corrected chi connectivity index (χ0v) is 4.40. The van der Waals surface area contributed by atoms with Crippen molar-refractivity contribution in [1.29, 1.82) is 0 Å². The van der Waals surface area contributed by atoms with Crippen molar-refractivity contribution in [2.24, 2.45) is 4.99 Å². The summed E-state index contributed by atoms with van der Waals surface area (Å²) in [6.07, 6.45) is -0.362. The third-order valence-electron chi connectivity index (χ3n) is 0.511. The number of nitrogens with zero attached hydrogens (tertiary/aromatic N) is 1. The summed E-state index contributed by atoms with van der Waals surface area (Å²) in [5.41, 5.74) is 0. The number of carboxylic acid groups (broad SMARTS) is 1. The minimum absolute atomic E-state index is 1.23. The van der Waals surface area contributed by atoms with Crippen molar-refractivity contribution in [3.05, 3.63) is 0 Å². The molecule has 1 unspecified atom stereocenters. The van der Waals surface area contributed by atoms with Crippen LogP contribution in [0.3, 0.4) is 0 Å². The second-order valence-electron chi connectivity index (χ2n) is 1.12. The molecule has 0 amide bonds. The average Bonchev–Trinajstić information content (AvgIpc) is 1.67. The van der Waals surface area contributed by atoms with Crippen LogP contribution in [0.2, 0.25) is 0 Å². The van der Waals surface area contributed by atoms with Crippen molar-refractivity contribution < 1.29 is 15.0 Å². The highest BCUT2D eigenvalue weighted by molar-refractivity contribution is 5.73. The van der Waals surface area contributed by atoms with Gasteiger partial charge in [-0.05, 0) is 13.1 Å². The zero-order chi connectivity index (χ0) is 6.57. The standard InChI is InChI=1S/C4H7NO3/c1-2-5-3(6)4(7)8/h2-3,6H,1H3,(H,7,8). The van der Waals surface area contributed by atoms with E-state index in [2.05, 4.69) is 4.99 Å². The Labute approximate surface area is 46.5 Å². The quantitative estimate of drug-likeness (QED) is 0.478. The minimum Gasteiger partial charge on any atom is -0.478 e. The fourth-order valence-corrected chi connectivity index (χ4v) is 0.205. The van der Waals surface area contributed by atoms with Gasteiger partial charge in [-0.3, -0.25) is 4.99 Å². The number of carbonyl (C=O) groups is 1. The van der Waals surface area contributed by atoms with Gasteiger partial charge in [-0.15, -0.1) is 0 Å². The van der Waals surface area contributed by atoms with Gasteiger partial charge in [0.05, 0.1) is 0 Å². The summed E-state index contributed by atoms with van der Waals surface area (Å²) in [6, 6.07) is 0. The van der Waals surface area contributed by atoms with Crippen LogP contribution in [-0.2, 0) is 4.79 Å². The lowest BCUT2D eigenvalue weighted by molar-refractivity contribution is -0.146. The highest BCUT2D eigenvalue weighted by Gasteiger charge is 2.07. The maximum Gasteiger partial charge on any atom is 0.355 e. The van der Waals surface area contributed by atoms with Gasteiger partial charge in [0.2, 0.25) is 6.23 Å². The Kier molecular flexibility index (Phi) is 2.79. The molecule has 4 nitrogen and oxygen atoms in total. The molecule has 0 saturated heterocycles. The number of aliphatic imine (C=N–C) groups is 1. The Balaban J connectivity index is 3.64. The number of hydrogen-bond donors (Lipinski definition) is 2. The fourth-order valence-electron chi connectivity index (χ4n) is 0.205. The summed E-state index contributed by atoms with van der Waals surface area (Å²) in [7, 11) is 0. The summed E-state index contributed by atoms with van der Waals surface area (Å²) in [5.74, 6) is -1.33. The van der Waals surface area contributed by atoms with Crippen molar-refractivity contribution in [1.82, 2.24) is 0 Å². The van der Waals surface area contributed by atoms with E-state index in [1.807, 2.05) is 0 Å². The number of aliphatic hydroxyl groups is 1. The third kappa shape index (κ3) is 2.30. The number of aliphatic hydroxyl groups excluding tert-OH is 1. The summed E-state index contributed by atoms with van der Waals surface area (Å²) in [5, 5.41) is 16.3. The molecule has 8 heavy (non-hydrogen) atoms. The van der Waals surface area contributed by atoms with Crippen LogP contribution in [0.4, 0.5) is 0 Å². The van der Waals surface area contributed by atoms with Crippen LogP contribution >= 0.6 is 0 Å². The molecule has 0 aliphatic rings. The van der Waals surface area contributed by atoms with Gasteiger partial charge in [0.1, 0.15) is 0 Å². The van der Waals surface area contributed by atoms with Crippen molar-refractivity contribution >= 4 is 12.2 Å². The van der Waals surface area contributed by atoms with Gasteiger partial charge in [0, 0.05) is 0 Å². The lowest BCUT2D eigenvalue weighted by atomic mass is 10.6. The Morgan fingerprint density at radius 2 is 2.38 bits per heavy atom. The van der Waals surface area contributed by atoms with Crippen LogP contribution < -0.4 is 0 Å². The van der Waals surface area contributed by atoms with Gasteiger partial charge in [-0.2, -0.15) is 0 Å². The number of hydrogen-bond acceptors (Lipinski definition) is 3. The SMILES string of the molecule is CC=NC(O)C(=O)O. The molecule has 0 heterocycles. The van der Waals surface area contributed by atoms with E-state index in [1.165, 1.54) is 13.1 Å². The molecule has 0 aromatic rings. The zero-order valence-electron chi connectivity index (χ0n) is 4.40. The molecule has 0 saturated carbocycles. The van der Waals surface area contributed by atoms with Crippen LogP contribution in [0.5, 0.6) is 0 Å². The first-order chi connectivity index (χ1) is 3.68. The molecular weight excluding hydrogens is 110 g/mol. The summed E-state index contributed by atoms with van der Waals surface area (Å²) >= 11 is 0. The molecular formula is C4H7NO3. The molecule has 0 aliphatic carbocycles. The van der Waals surface area contributed by atoms with Gasteiger partial charge < -0.3 is 10.2 Å². The lowest BCUT2D eigenvalue weighted by Gasteiger charge is -1.93. The predicted molar refractivity (Wildman–Crippen MR) is 27.8 cm³/mol. The molecule has 2 N–H and O–H groups in total. The summed E-state index contributed by atoms with van der Waals surface area (Å²) in [4.78, 5) is 12.9. The fraction of sp³-hybridized carbons (Fsp3) is 0.500. The molecule has 0 rings (SSSR count). The van der Waals surface area contributed by atoms with Gasteiger partial charge in [0.15, 0.2) is 0 Å². The van der Waals surface area contributed by atoms with Gasteiger partial charge >= 0.3 is 5.97 Å². The Bertz CT molecular complexity index is 110. The normalized spacial score (nSPS) is 14.2. The first-order valence-corrected chi connectivity index (χ1v) is 2.07. The average molecular weight is 117 g/mol. The molecule has 0 aliphatic heterocycles. The Morgan fingerprint density at radius 3 is 2.50 bits per heavy atom. The summed E-state index contributed by atoms with van der Waals surface area (Å²) < 4.78 is 0. The molecule has 0 bridgehead atoms. The van der Waals surface area contributed by atoms with E-state index in [1.54, 1.807) is 0 Å². The highest BCUT2D eigenvalue weighted by atomic mass is 16.4. The molecule has 0 aromatic heterocycles.